The van der Waals surface area contributed by atoms with Gasteiger partial charge in [0, 0.05) is 24.8 Å². The van der Waals surface area contributed by atoms with E-state index in [0.717, 1.165) is 5.56 Å². The van der Waals surface area contributed by atoms with Crippen LogP contribution in [0.2, 0.25) is 0 Å². The first-order chi connectivity index (χ1) is 9.20. The van der Waals surface area contributed by atoms with Gasteiger partial charge < -0.3 is 14.6 Å². The monoisotopic (exact) mass is 260 g/mol. The van der Waals surface area contributed by atoms with Crippen LogP contribution in [0.5, 0.6) is 0 Å². The van der Waals surface area contributed by atoms with Gasteiger partial charge in [0.25, 0.3) is 5.91 Å². The fourth-order valence-electron chi connectivity index (χ4n) is 1.71. The van der Waals surface area contributed by atoms with E-state index in [1.54, 1.807) is 13.2 Å². The van der Waals surface area contributed by atoms with E-state index >= 15 is 0 Å². The van der Waals surface area contributed by atoms with E-state index in [9.17, 15) is 4.79 Å². The van der Waals surface area contributed by atoms with Crippen LogP contribution in [0.3, 0.4) is 0 Å². The molecule has 0 saturated heterocycles. The van der Waals surface area contributed by atoms with Crippen molar-refractivity contribution in [3.63, 3.8) is 0 Å². The Labute approximate surface area is 111 Å². The first-order valence-corrected chi connectivity index (χ1v) is 6.02. The summed E-state index contributed by atoms with van der Waals surface area (Å²) in [6.07, 6.45) is 0. The summed E-state index contributed by atoms with van der Waals surface area (Å²) in [6, 6.07) is 11.1. The topological polar surface area (TPSA) is 64.4 Å². The van der Waals surface area contributed by atoms with E-state index in [4.69, 9.17) is 9.26 Å². The quantitative estimate of drug-likeness (QED) is 0.894. The van der Waals surface area contributed by atoms with E-state index in [1.807, 2.05) is 37.3 Å². The molecule has 2 rings (SSSR count). The van der Waals surface area contributed by atoms with Crippen LogP contribution in [0, 0.1) is 0 Å². The molecule has 19 heavy (non-hydrogen) atoms. The Bertz CT molecular complexity index is 537. The molecule has 0 fully saturated rings. The highest BCUT2D eigenvalue weighted by atomic mass is 16.5. The number of nitrogens with zero attached hydrogens (tertiary/aromatic N) is 1. The lowest BCUT2D eigenvalue weighted by Crippen LogP contribution is -2.35. The van der Waals surface area contributed by atoms with Crippen molar-refractivity contribution in [1.29, 1.82) is 0 Å². The number of hydrogen-bond donors (Lipinski definition) is 1. The van der Waals surface area contributed by atoms with E-state index in [1.165, 1.54) is 0 Å². The average molecular weight is 260 g/mol. The summed E-state index contributed by atoms with van der Waals surface area (Å²) in [7, 11) is 1.59. The van der Waals surface area contributed by atoms with Crippen LogP contribution in [0.15, 0.2) is 40.9 Å². The number of carbonyl (C=O) groups is 1. The number of carbonyl (C=O) groups excluding carboxylic acids is 1. The van der Waals surface area contributed by atoms with Crippen molar-refractivity contribution in [2.75, 3.05) is 13.7 Å². The zero-order valence-electron chi connectivity index (χ0n) is 10.9. The molecule has 0 bridgehead atoms. The molecular formula is C14H16N2O3. The van der Waals surface area contributed by atoms with Crippen molar-refractivity contribution in [2.24, 2.45) is 0 Å². The van der Waals surface area contributed by atoms with Crippen LogP contribution >= 0.6 is 0 Å². The Morgan fingerprint density at radius 3 is 2.84 bits per heavy atom. The van der Waals surface area contributed by atoms with Gasteiger partial charge in [0.1, 0.15) is 0 Å². The molecule has 1 aromatic heterocycles. The van der Waals surface area contributed by atoms with Crippen LogP contribution in [0.25, 0.3) is 11.3 Å². The summed E-state index contributed by atoms with van der Waals surface area (Å²) in [6.45, 7) is 2.31. The predicted molar refractivity (Wildman–Crippen MR) is 70.7 cm³/mol. The summed E-state index contributed by atoms with van der Waals surface area (Å²) in [5.41, 5.74) is 1.15. The maximum absolute atomic E-state index is 11.9. The number of ether oxygens (including phenoxy) is 1. The molecule has 100 valence electrons. The number of aromatic nitrogens is 1. The highest BCUT2D eigenvalue weighted by Gasteiger charge is 2.15. The Morgan fingerprint density at radius 1 is 1.42 bits per heavy atom. The lowest BCUT2D eigenvalue weighted by atomic mass is 10.1. The molecule has 1 unspecified atom stereocenters. The largest absolute Gasteiger partial charge is 0.383 e. The van der Waals surface area contributed by atoms with Gasteiger partial charge >= 0.3 is 0 Å². The first-order valence-electron chi connectivity index (χ1n) is 6.02. The van der Waals surface area contributed by atoms with Crippen LogP contribution < -0.4 is 5.32 Å². The molecule has 1 aromatic carbocycles. The second-order valence-corrected chi connectivity index (χ2v) is 4.27. The van der Waals surface area contributed by atoms with Gasteiger partial charge in [-0.05, 0) is 6.92 Å². The minimum Gasteiger partial charge on any atom is -0.383 e. The molecule has 1 amide bonds. The molecule has 0 radical (unpaired) electrons. The Morgan fingerprint density at radius 2 is 2.16 bits per heavy atom. The van der Waals surface area contributed by atoms with Gasteiger partial charge in [0.2, 0.25) is 0 Å². The van der Waals surface area contributed by atoms with E-state index in [0.29, 0.717) is 12.4 Å². The number of benzene rings is 1. The van der Waals surface area contributed by atoms with E-state index < -0.39 is 0 Å². The fourth-order valence-corrected chi connectivity index (χ4v) is 1.71. The third-order valence-electron chi connectivity index (χ3n) is 2.60. The van der Waals surface area contributed by atoms with Gasteiger partial charge in [-0.15, -0.1) is 0 Å². The maximum atomic E-state index is 11.9. The Hall–Kier alpha value is -2.14. The molecule has 1 atom stereocenters. The molecule has 5 heteroatoms. The average Bonchev–Trinajstić information content (AvgIpc) is 2.89. The van der Waals surface area contributed by atoms with Crippen LogP contribution in [-0.4, -0.2) is 30.8 Å². The molecule has 5 nitrogen and oxygen atoms in total. The zero-order chi connectivity index (χ0) is 13.7. The number of amides is 1. The molecule has 0 aliphatic carbocycles. The Kier molecular flexibility index (Phi) is 4.30. The van der Waals surface area contributed by atoms with Crippen LogP contribution in [0.4, 0.5) is 0 Å². The highest BCUT2D eigenvalue weighted by Crippen LogP contribution is 2.19. The standard InChI is InChI=1S/C14H16N2O3/c1-10(9-18-2)15-14(17)12-8-13(19-16-12)11-6-4-3-5-7-11/h3-8,10H,9H2,1-2H3,(H,15,17). The lowest BCUT2D eigenvalue weighted by Gasteiger charge is -2.10. The second-order valence-electron chi connectivity index (χ2n) is 4.27. The van der Waals surface area contributed by atoms with Gasteiger partial charge in [-0.25, -0.2) is 0 Å². The normalized spacial score (nSPS) is 12.1. The number of nitrogens with one attached hydrogen (secondary N) is 1. The van der Waals surface area contributed by atoms with Gasteiger partial charge in [-0.3, -0.25) is 4.79 Å². The summed E-state index contributed by atoms with van der Waals surface area (Å²) in [5, 5.41) is 6.55. The molecule has 0 aliphatic heterocycles. The van der Waals surface area contributed by atoms with Crippen molar-refractivity contribution in [3.8, 4) is 11.3 Å². The first kappa shape index (κ1) is 13.3. The molecule has 2 aromatic rings. The van der Waals surface area contributed by atoms with Crippen molar-refractivity contribution < 1.29 is 14.1 Å². The van der Waals surface area contributed by atoms with Gasteiger partial charge in [0.05, 0.1) is 6.61 Å². The zero-order valence-corrected chi connectivity index (χ0v) is 10.9. The van der Waals surface area contributed by atoms with Crippen LogP contribution in [0.1, 0.15) is 17.4 Å². The van der Waals surface area contributed by atoms with Crippen LogP contribution in [-0.2, 0) is 4.74 Å². The van der Waals surface area contributed by atoms with Crippen molar-refractivity contribution in [3.05, 3.63) is 42.1 Å². The van der Waals surface area contributed by atoms with Crippen molar-refractivity contribution in [2.45, 2.75) is 13.0 Å². The second kappa shape index (κ2) is 6.15. The minimum absolute atomic E-state index is 0.0747. The highest BCUT2D eigenvalue weighted by molar-refractivity contribution is 5.93. The molecular weight excluding hydrogens is 244 g/mol. The number of rotatable bonds is 5. The summed E-state index contributed by atoms with van der Waals surface area (Å²) >= 11 is 0. The van der Waals surface area contributed by atoms with Crippen molar-refractivity contribution >= 4 is 5.91 Å². The predicted octanol–water partition coefficient (Wildman–Crippen LogP) is 2.11. The number of methoxy groups -OCH3 is 1. The maximum Gasteiger partial charge on any atom is 0.273 e. The lowest BCUT2D eigenvalue weighted by molar-refractivity contribution is 0.0896. The van der Waals surface area contributed by atoms with E-state index in [-0.39, 0.29) is 17.6 Å². The minimum atomic E-state index is -0.268. The molecule has 0 aliphatic rings. The number of hydrogen-bond acceptors (Lipinski definition) is 4. The molecule has 0 saturated carbocycles. The van der Waals surface area contributed by atoms with Gasteiger partial charge in [0.15, 0.2) is 11.5 Å². The van der Waals surface area contributed by atoms with Crippen molar-refractivity contribution in [1.82, 2.24) is 10.5 Å². The van der Waals surface area contributed by atoms with Gasteiger partial charge in [-0.1, -0.05) is 35.5 Å². The fraction of sp³-hybridized carbons (Fsp3) is 0.286. The Balaban J connectivity index is 2.07. The van der Waals surface area contributed by atoms with E-state index in [2.05, 4.69) is 10.5 Å². The third-order valence-corrected chi connectivity index (χ3v) is 2.60. The summed E-state index contributed by atoms with van der Waals surface area (Å²) in [5.74, 6) is 0.306. The molecule has 1 heterocycles. The summed E-state index contributed by atoms with van der Waals surface area (Å²) in [4.78, 5) is 11.9. The molecule has 1 N–H and O–H groups in total. The van der Waals surface area contributed by atoms with Gasteiger partial charge in [-0.2, -0.15) is 0 Å². The molecule has 0 spiro atoms. The third kappa shape index (κ3) is 3.42. The SMILES string of the molecule is COCC(C)NC(=O)c1cc(-c2ccccc2)on1. The smallest absolute Gasteiger partial charge is 0.273 e. The summed E-state index contributed by atoms with van der Waals surface area (Å²) < 4.78 is 10.1.